The minimum atomic E-state index is 0.0193. The van der Waals surface area contributed by atoms with Crippen LogP contribution in [0.5, 0.6) is 0 Å². The normalized spacial score (nSPS) is 43.9. The first-order chi connectivity index (χ1) is 10.8. The Bertz CT molecular complexity index is 302. The van der Waals surface area contributed by atoms with Crippen LogP contribution in [0.2, 0.25) is 0 Å². The van der Waals surface area contributed by atoms with Crippen LogP contribution >= 0.6 is 0 Å². The molecule has 0 aromatic heterocycles. The van der Waals surface area contributed by atoms with E-state index in [9.17, 15) is 5.11 Å². The highest BCUT2D eigenvalue weighted by atomic mass is 16.3. The van der Waals surface area contributed by atoms with Crippen molar-refractivity contribution in [3.8, 4) is 0 Å². The zero-order valence-electron chi connectivity index (χ0n) is 14.8. The van der Waals surface area contributed by atoms with E-state index in [1.54, 1.807) is 0 Å². The summed E-state index contributed by atoms with van der Waals surface area (Å²) in [6, 6.07) is 0. The Morgan fingerprint density at radius 2 is 0.955 bits per heavy atom. The Morgan fingerprint density at radius 1 is 0.591 bits per heavy atom. The van der Waals surface area contributed by atoms with Gasteiger partial charge in [-0.3, -0.25) is 0 Å². The standard InChI is InChI=1S/C21H38O/c1-2-3-16-4-6-17(7-5-16)18-8-10-19(11-9-18)20-12-14-21(22)15-13-20/h16-22H,2-15H2,1H3/t16-,17-,18-,19-,20-,21-. The molecule has 128 valence electrons. The Kier molecular flexibility index (Phi) is 6.24. The summed E-state index contributed by atoms with van der Waals surface area (Å²) in [6.07, 6.45) is 19.8. The largest absolute Gasteiger partial charge is 0.393 e. The Balaban J connectivity index is 1.39. The number of hydrogen-bond donors (Lipinski definition) is 1. The van der Waals surface area contributed by atoms with Crippen molar-refractivity contribution in [2.75, 3.05) is 0 Å². The van der Waals surface area contributed by atoms with Gasteiger partial charge in [-0.1, -0.05) is 32.6 Å². The van der Waals surface area contributed by atoms with Crippen LogP contribution in [0.1, 0.15) is 96.8 Å². The third-order valence-corrected chi connectivity index (χ3v) is 7.48. The highest BCUT2D eigenvalue weighted by Gasteiger charge is 2.34. The maximum Gasteiger partial charge on any atom is 0.0540 e. The predicted octanol–water partition coefficient (Wildman–Crippen LogP) is 5.95. The average Bonchev–Trinajstić information content (AvgIpc) is 2.57. The molecule has 3 aliphatic rings. The third-order valence-electron chi connectivity index (χ3n) is 7.48. The van der Waals surface area contributed by atoms with E-state index < -0.39 is 0 Å². The van der Waals surface area contributed by atoms with Crippen LogP contribution in [0.15, 0.2) is 0 Å². The van der Waals surface area contributed by atoms with E-state index in [0.717, 1.165) is 42.4 Å². The lowest BCUT2D eigenvalue weighted by Gasteiger charge is -2.41. The first kappa shape index (κ1) is 16.8. The molecule has 0 unspecified atom stereocenters. The van der Waals surface area contributed by atoms with Crippen LogP contribution in [0, 0.1) is 29.6 Å². The minimum Gasteiger partial charge on any atom is -0.393 e. The molecule has 0 aliphatic heterocycles. The predicted molar refractivity (Wildman–Crippen MR) is 93.8 cm³/mol. The van der Waals surface area contributed by atoms with Crippen LogP contribution in [-0.4, -0.2) is 11.2 Å². The number of rotatable bonds is 4. The van der Waals surface area contributed by atoms with Gasteiger partial charge in [0.1, 0.15) is 0 Å². The van der Waals surface area contributed by atoms with Crippen molar-refractivity contribution in [2.45, 2.75) is 103 Å². The zero-order chi connectivity index (χ0) is 15.4. The Labute approximate surface area is 138 Å². The summed E-state index contributed by atoms with van der Waals surface area (Å²) < 4.78 is 0. The average molecular weight is 307 g/mol. The van der Waals surface area contributed by atoms with Crippen molar-refractivity contribution in [1.82, 2.24) is 0 Å². The zero-order valence-corrected chi connectivity index (χ0v) is 14.8. The third kappa shape index (κ3) is 4.28. The second-order valence-corrected chi connectivity index (χ2v) is 8.81. The monoisotopic (exact) mass is 306 g/mol. The summed E-state index contributed by atoms with van der Waals surface area (Å²) >= 11 is 0. The molecule has 1 nitrogen and oxygen atoms in total. The van der Waals surface area contributed by atoms with Gasteiger partial charge in [-0.2, -0.15) is 0 Å². The van der Waals surface area contributed by atoms with Gasteiger partial charge in [-0.25, -0.2) is 0 Å². The molecule has 3 saturated carbocycles. The number of aliphatic hydroxyl groups excluding tert-OH is 1. The van der Waals surface area contributed by atoms with Gasteiger partial charge in [0.05, 0.1) is 6.10 Å². The van der Waals surface area contributed by atoms with Gasteiger partial charge >= 0.3 is 0 Å². The molecule has 0 spiro atoms. The summed E-state index contributed by atoms with van der Waals surface area (Å²) in [5.74, 6) is 5.14. The molecule has 22 heavy (non-hydrogen) atoms. The maximum atomic E-state index is 9.70. The van der Waals surface area contributed by atoms with Crippen LogP contribution in [0.3, 0.4) is 0 Å². The van der Waals surface area contributed by atoms with Crippen molar-refractivity contribution < 1.29 is 5.11 Å². The highest BCUT2D eigenvalue weighted by molar-refractivity contribution is 4.85. The smallest absolute Gasteiger partial charge is 0.0540 e. The summed E-state index contributed by atoms with van der Waals surface area (Å²) in [4.78, 5) is 0. The quantitative estimate of drug-likeness (QED) is 0.680. The summed E-state index contributed by atoms with van der Waals surface area (Å²) in [6.45, 7) is 2.34. The van der Waals surface area contributed by atoms with Crippen molar-refractivity contribution in [3.05, 3.63) is 0 Å². The first-order valence-electron chi connectivity index (χ1n) is 10.4. The molecule has 1 N–H and O–H groups in total. The van der Waals surface area contributed by atoms with E-state index in [-0.39, 0.29) is 6.10 Å². The van der Waals surface area contributed by atoms with Crippen molar-refractivity contribution in [3.63, 3.8) is 0 Å². The number of hydrogen-bond acceptors (Lipinski definition) is 1. The lowest BCUT2D eigenvalue weighted by Crippen LogP contribution is -2.30. The molecule has 0 aromatic rings. The van der Waals surface area contributed by atoms with E-state index in [0.29, 0.717) is 0 Å². The molecule has 3 fully saturated rings. The van der Waals surface area contributed by atoms with E-state index in [1.165, 1.54) is 77.0 Å². The van der Waals surface area contributed by atoms with Crippen molar-refractivity contribution in [1.29, 1.82) is 0 Å². The van der Waals surface area contributed by atoms with E-state index in [1.807, 2.05) is 0 Å². The summed E-state index contributed by atoms with van der Waals surface area (Å²) in [5.41, 5.74) is 0. The lowest BCUT2D eigenvalue weighted by molar-refractivity contribution is 0.0666. The van der Waals surface area contributed by atoms with Gasteiger partial charge in [0, 0.05) is 0 Å². The van der Waals surface area contributed by atoms with E-state index in [2.05, 4.69) is 6.92 Å². The van der Waals surface area contributed by atoms with Gasteiger partial charge in [-0.15, -0.1) is 0 Å². The topological polar surface area (TPSA) is 20.2 Å². The second-order valence-electron chi connectivity index (χ2n) is 8.81. The lowest BCUT2D eigenvalue weighted by atomic mass is 9.65. The minimum absolute atomic E-state index is 0.0193. The number of aliphatic hydroxyl groups is 1. The molecule has 0 aromatic carbocycles. The fourth-order valence-corrected chi connectivity index (χ4v) is 6.02. The van der Waals surface area contributed by atoms with Gasteiger partial charge in [0.15, 0.2) is 0 Å². The van der Waals surface area contributed by atoms with E-state index >= 15 is 0 Å². The van der Waals surface area contributed by atoms with Crippen LogP contribution < -0.4 is 0 Å². The molecule has 0 saturated heterocycles. The van der Waals surface area contributed by atoms with Gasteiger partial charge in [0.25, 0.3) is 0 Å². The summed E-state index contributed by atoms with van der Waals surface area (Å²) in [5, 5.41) is 9.70. The van der Waals surface area contributed by atoms with Gasteiger partial charge in [-0.05, 0) is 93.8 Å². The molecule has 0 amide bonds. The van der Waals surface area contributed by atoms with Crippen molar-refractivity contribution in [2.24, 2.45) is 29.6 Å². The van der Waals surface area contributed by atoms with Gasteiger partial charge < -0.3 is 5.11 Å². The fourth-order valence-electron chi connectivity index (χ4n) is 6.02. The first-order valence-corrected chi connectivity index (χ1v) is 10.4. The molecule has 3 rings (SSSR count). The van der Waals surface area contributed by atoms with Crippen molar-refractivity contribution >= 4 is 0 Å². The summed E-state index contributed by atoms with van der Waals surface area (Å²) in [7, 11) is 0. The molecular formula is C21H38O. The molecule has 0 bridgehead atoms. The molecule has 1 heteroatoms. The SMILES string of the molecule is CCC[C@H]1CC[C@H]([C@H]2CC[C@H]([C@H]3CC[C@H](O)CC3)CC2)CC1. The molecule has 0 radical (unpaired) electrons. The maximum absolute atomic E-state index is 9.70. The molecular weight excluding hydrogens is 268 g/mol. The Hall–Kier alpha value is -0.0400. The molecule has 0 heterocycles. The molecule has 3 aliphatic carbocycles. The fraction of sp³-hybridized carbons (Fsp3) is 1.00. The van der Waals surface area contributed by atoms with Crippen LogP contribution in [0.4, 0.5) is 0 Å². The Morgan fingerprint density at radius 3 is 1.36 bits per heavy atom. The highest BCUT2D eigenvalue weighted by Crippen LogP contribution is 2.45. The molecule has 0 atom stereocenters. The van der Waals surface area contributed by atoms with Crippen LogP contribution in [0.25, 0.3) is 0 Å². The van der Waals surface area contributed by atoms with E-state index in [4.69, 9.17) is 0 Å². The second kappa shape index (κ2) is 8.18. The van der Waals surface area contributed by atoms with Crippen LogP contribution in [-0.2, 0) is 0 Å². The van der Waals surface area contributed by atoms with Gasteiger partial charge in [0.2, 0.25) is 0 Å².